The lowest BCUT2D eigenvalue weighted by atomic mass is 10.1. The number of ether oxygens (including phenoxy) is 2. The molecule has 0 aliphatic rings. The molecule has 0 radical (unpaired) electrons. The van der Waals surface area contributed by atoms with E-state index in [1.165, 1.54) is 19.6 Å². The minimum absolute atomic E-state index is 0.00570. The summed E-state index contributed by atoms with van der Waals surface area (Å²) in [4.78, 5) is 29.0. The Hall–Kier alpha value is -3.87. The molecule has 0 amide bonds. The number of para-hydroxylation sites is 1. The van der Waals surface area contributed by atoms with Crippen molar-refractivity contribution in [2.75, 3.05) is 7.11 Å². The molecule has 0 bridgehead atoms. The van der Waals surface area contributed by atoms with E-state index < -0.39 is 11.9 Å². The number of methoxy groups -OCH3 is 1. The zero-order valence-electron chi connectivity index (χ0n) is 14.9. The van der Waals surface area contributed by atoms with Gasteiger partial charge in [-0.3, -0.25) is 0 Å². The van der Waals surface area contributed by atoms with Crippen LogP contribution < -0.4 is 0 Å². The van der Waals surface area contributed by atoms with Crippen LogP contribution in [-0.2, 0) is 16.1 Å². The van der Waals surface area contributed by atoms with Crippen molar-refractivity contribution in [1.29, 1.82) is 0 Å². The summed E-state index contributed by atoms with van der Waals surface area (Å²) in [6, 6.07) is 14.0. The van der Waals surface area contributed by atoms with Gasteiger partial charge in [0.2, 0.25) is 5.76 Å². The Morgan fingerprint density at radius 3 is 2.64 bits per heavy atom. The Labute approximate surface area is 159 Å². The molecule has 3 aromatic heterocycles. The molecule has 4 rings (SSSR count). The first kappa shape index (κ1) is 17.5. The van der Waals surface area contributed by atoms with Gasteiger partial charge in [0, 0.05) is 10.9 Å². The number of fused-ring (bicyclic) bond motifs is 1. The summed E-state index contributed by atoms with van der Waals surface area (Å²) in [6.45, 7) is -0.132. The average molecular weight is 377 g/mol. The topological polar surface area (TPSA) is 91.8 Å². The summed E-state index contributed by atoms with van der Waals surface area (Å²) in [5, 5.41) is 0.656. The third kappa shape index (κ3) is 3.25. The second-order valence-corrected chi connectivity index (χ2v) is 5.89. The number of nitrogens with zero attached hydrogens (tertiary/aromatic N) is 1. The Morgan fingerprint density at radius 2 is 1.86 bits per heavy atom. The van der Waals surface area contributed by atoms with E-state index in [0.717, 1.165) is 0 Å². The van der Waals surface area contributed by atoms with Crippen LogP contribution in [0.4, 0.5) is 0 Å². The number of rotatable bonds is 5. The third-order valence-corrected chi connectivity index (χ3v) is 4.19. The van der Waals surface area contributed by atoms with Gasteiger partial charge in [-0.25, -0.2) is 14.6 Å². The maximum absolute atomic E-state index is 12.8. The SMILES string of the molecule is COC(=O)c1occc1COC(=O)c1cc(-c2ccco2)nc2ccccc12. The summed E-state index contributed by atoms with van der Waals surface area (Å²) >= 11 is 0. The summed E-state index contributed by atoms with van der Waals surface area (Å²) in [6.07, 6.45) is 2.88. The van der Waals surface area contributed by atoms with E-state index in [-0.39, 0.29) is 12.4 Å². The van der Waals surface area contributed by atoms with E-state index in [1.54, 1.807) is 30.3 Å². The van der Waals surface area contributed by atoms with Gasteiger partial charge in [0.25, 0.3) is 0 Å². The fraction of sp³-hybridized carbons (Fsp3) is 0.0952. The lowest BCUT2D eigenvalue weighted by molar-refractivity contribution is 0.0455. The second kappa shape index (κ2) is 7.40. The molecule has 4 aromatic rings. The van der Waals surface area contributed by atoms with E-state index >= 15 is 0 Å². The minimum Gasteiger partial charge on any atom is -0.463 e. The van der Waals surface area contributed by atoms with Gasteiger partial charge in [0.05, 0.1) is 30.7 Å². The first-order valence-electron chi connectivity index (χ1n) is 8.43. The van der Waals surface area contributed by atoms with E-state index in [1.807, 2.05) is 18.2 Å². The summed E-state index contributed by atoms with van der Waals surface area (Å²) in [5.41, 5.74) is 1.93. The molecule has 28 heavy (non-hydrogen) atoms. The number of carbonyl (C=O) groups excluding carboxylic acids is 2. The van der Waals surface area contributed by atoms with Crippen LogP contribution in [-0.4, -0.2) is 24.0 Å². The molecule has 7 heteroatoms. The van der Waals surface area contributed by atoms with Gasteiger partial charge >= 0.3 is 11.9 Å². The predicted molar refractivity (Wildman–Crippen MR) is 98.6 cm³/mol. The maximum atomic E-state index is 12.8. The van der Waals surface area contributed by atoms with Crippen LogP contribution in [0.5, 0.6) is 0 Å². The summed E-state index contributed by atoms with van der Waals surface area (Å²) < 4.78 is 20.6. The molecule has 0 saturated carbocycles. The van der Waals surface area contributed by atoms with Crippen LogP contribution in [0.1, 0.15) is 26.5 Å². The highest BCUT2D eigenvalue weighted by molar-refractivity contribution is 6.04. The van der Waals surface area contributed by atoms with E-state index in [9.17, 15) is 9.59 Å². The van der Waals surface area contributed by atoms with E-state index in [0.29, 0.717) is 33.5 Å². The third-order valence-electron chi connectivity index (χ3n) is 4.19. The van der Waals surface area contributed by atoms with Crippen molar-refractivity contribution in [2.24, 2.45) is 0 Å². The lowest BCUT2D eigenvalue weighted by Gasteiger charge is -2.09. The Balaban J connectivity index is 1.66. The summed E-state index contributed by atoms with van der Waals surface area (Å²) in [5.74, 6) is -0.636. The molecular formula is C21H15NO6. The molecule has 0 unspecified atom stereocenters. The normalized spacial score (nSPS) is 10.8. The minimum atomic E-state index is -0.634. The molecule has 0 spiro atoms. The number of aromatic nitrogens is 1. The number of benzene rings is 1. The molecule has 0 aliphatic heterocycles. The standard InChI is InChI=1S/C21H15NO6/c1-25-21(24)19-13(8-10-27-19)12-28-20(23)15-11-17(18-7-4-9-26-18)22-16-6-3-2-5-14(15)16/h2-11H,12H2,1H3. The maximum Gasteiger partial charge on any atom is 0.374 e. The van der Waals surface area contributed by atoms with Gasteiger partial charge in [-0.1, -0.05) is 18.2 Å². The summed E-state index contributed by atoms with van der Waals surface area (Å²) in [7, 11) is 1.25. The molecule has 140 valence electrons. The molecule has 0 atom stereocenters. The van der Waals surface area contributed by atoms with Gasteiger partial charge in [-0.15, -0.1) is 0 Å². The molecule has 1 aromatic carbocycles. The van der Waals surface area contributed by atoms with Crippen LogP contribution >= 0.6 is 0 Å². The smallest absolute Gasteiger partial charge is 0.374 e. The second-order valence-electron chi connectivity index (χ2n) is 5.89. The fourth-order valence-electron chi connectivity index (χ4n) is 2.84. The quantitative estimate of drug-likeness (QED) is 0.481. The van der Waals surface area contributed by atoms with Crippen LogP contribution in [0.15, 0.2) is 69.9 Å². The molecule has 0 N–H and O–H groups in total. The fourth-order valence-corrected chi connectivity index (χ4v) is 2.84. The van der Waals surface area contributed by atoms with Crippen molar-refractivity contribution in [3.8, 4) is 11.5 Å². The van der Waals surface area contributed by atoms with E-state index in [2.05, 4.69) is 9.72 Å². The first-order valence-corrected chi connectivity index (χ1v) is 8.43. The van der Waals surface area contributed by atoms with Gasteiger partial charge in [-0.05, 0) is 30.3 Å². The molecular weight excluding hydrogens is 362 g/mol. The van der Waals surface area contributed by atoms with Gasteiger partial charge < -0.3 is 18.3 Å². The largest absolute Gasteiger partial charge is 0.463 e. The van der Waals surface area contributed by atoms with Gasteiger partial charge in [0.15, 0.2) is 5.76 Å². The first-order chi connectivity index (χ1) is 13.7. The Kier molecular flexibility index (Phi) is 4.63. The number of hydrogen-bond acceptors (Lipinski definition) is 7. The van der Waals surface area contributed by atoms with Crippen molar-refractivity contribution >= 4 is 22.8 Å². The van der Waals surface area contributed by atoms with E-state index in [4.69, 9.17) is 13.6 Å². The highest BCUT2D eigenvalue weighted by atomic mass is 16.5. The molecule has 0 fully saturated rings. The molecule has 0 saturated heterocycles. The van der Waals surface area contributed by atoms with Crippen molar-refractivity contribution in [1.82, 2.24) is 4.98 Å². The molecule has 0 aliphatic carbocycles. The Morgan fingerprint density at radius 1 is 1.00 bits per heavy atom. The van der Waals surface area contributed by atoms with Crippen LogP contribution in [0, 0.1) is 0 Å². The highest BCUT2D eigenvalue weighted by Crippen LogP contribution is 2.26. The number of esters is 2. The van der Waals surface area contributed by atoms with Crippen molar-refractivity contribution < 1.29 is 27.9 Å². The molecule has 3 heterocycles. The molecule has 7 nitrogen and oxygen atoms in total. The predicted octanol–water partition coefficient (Wildman–Crippen LogP) is 4.23. The average Bonchev–Trinajstić information content (AvgIpc) is 3.42. The van der Waals surface area contributed by atoms with Crippen LogP contribution in [0.3, 0.4) is 0 Å². The lowest BCUT2D eigenvalue weighted by Crippen LogP contribution is -2.09. The highest BCUT2D eigenvalue weighted by Gasteiger charge is 2.20. The monoisotopic (exact) mass is 377 g/mol. The van der Waals surface area contributed by atoms with Crippen LogP contribution in [0.2, 0.25) is 0 Å². The number of pyridine rings is 1. The van der Waals surface area contributed by atoms with Crippen molar-refractivity contribution in [3.05, 3.63) is 77.9 Å². The van der Waals surface area contributed by atoms with Gasteiger partial charge in [-0.2, -0.15) is 0 Å². The zero-order chi connectivity index (χ0) is 19.5. The zero-order valence-corrected chi connectivity index (χ0v) is 14.9. The van der Waals surface area contributed by atoms with Gasteiger partial charge in [0.1, 0.15) is 12.3 Å². The van der Waals surface area contributed by atoms with Crippen LogP contribution in [0.25, 0.3) is 22.4 Å². The number of furan rings is 2. The Bertz CT molecular complexity index is 1140. The van der Waals surface area contributed by atoms with Crippen molar-refractivity contribution in [2.45, 2.75) is 6.61 Å². The number of carbonyl (C=O) groups is 2. The number of hydrogen-bond donors (Lipinski definition) is 0. The van der Waals surface area contributed by atoms with Crippen molar-refractivity contribution in [3.63, 3.8) is 0 Å².